The summed E-state index contributed by atoms with van der Waals surface area (Å²) >= 11 is 1.67. The van der Waals surface area contributed by atoms with Gasteiger partial charge in [0.1, 0.15) is 5.75 Å². The number of ether oxygens (including phenoxy) is 1. The molecule has 2 aromatic heterocycles. The molecule has 0 radical (unpaired) electrons. The lowest BCUT2D eigenvalue weighted by Gasteiger charge is -2.04. The molecule has 0 saturated carbocycles. The Bertz CT molecular complexity index is 961. The van der Waals surface area contributed by atoms with Crippen molar-refractivity contribution in [3.05, 3.63) is 54.6 Å². The minimum Gasteiger partial charge on any atom is -0.493 e. The number of aryl methyl sites for hydroxylation is 1. The van der Waals surface area contributed by atoms with Gasteiger partial charge in [0.15, 0.2) is 5.16 Å². The molecule has 0 N–H and O–H groups in total. The molecule has 5 nitrogen and oxygen atoms in total. The fourth-order valence-corrected chi connectivity index (χ4v) is 3.61. The van der Waals surface area contributed by atoms with E-state index in [-0.39, 0.29) is 0 Å². The molecule has 0 bridgehead atoms. The number of hydrogen-bond acceptors (Lipinski definition) is 4. The maximum absolute atomic E-state index is 5.75. The lowest BCUT2D eigenvalue weighted by atomic mass is 10.3. The number of thioether (sulfide) groups is 1. The average Bonchev–Trinajstić information content (AvgIpc) is 3.17. The van der Waals surface area contributed by atoms with Gasteiger partial charge < -0.3 is 9.30 Å². The summed E-state index contributed by atoms with van der Waals surface area (Å²) in [5, 5.41) is 9.64. The molecule has 2 aromatic carbocycles. The molecule has 0 aliphatic rings. The van der Waals surface area contributed by atoms with Gasteiger partial charge in [-0.05, 0) is 31.2 Å². The first kappa shape index (κ1) is 15.1. The monoisotopic (exact) mass is 338 g/mol. The molecule has 0 saturated heterocycles. The molecule has 0 amide bonds. The summed E-state index contributed by atoms with van der Waals surface area (Å²) in [4.78, 5) is 0. The van der Waals surface area contributed by atoms with Crippen molar-refractivity contribution in [1.82, 2.24) is 19.2 Å². The highest BCUT2D eigenvalue weighted by molar-refractivity contribution is 7.99. The van der Waals surface area contributed by atoms with E-state index in [0.717, 1.165) is 34.5 Å². The minimum atomic E-state index is 0.635. The Labute approximate surface area is 144 Å². The van der Waals surface area contributed by atoms with Gasteiger partial charge in [-0.15, -0.1) is 10.2 Å². The zero-order valence-corrected chi connectivity index (χ0v) is 14.2. The molecule has 2 heterocycles. The van der Waals surface area contributed by atoms with Crippen LogP contribution in [0.4, 0.5) is 0 Å². The van der Waals surface area contributed by atoms with Crippen molar-refractivity contribution in [2.45, 2.75) is 18.6 Å². The number of hydrogen-bond donors (Lipinski definition) is 0. The molecule has 4 rings (SSSR count). The fourth-order valence-electron chi connectivity index (χ4n) is 2.85. The van der Waals surface area contributed by atoms with Crippen LogP contribution < -0.4 is 4.74 Å². The number of nitrogens with zero attached hydrogens (tertiary/aromatic N) is 4. The van der Waals surface area contributed by atoms with Gasteiger partial charge in [-0.25, -0.2) is 0 Å². The SMILES string of the molecule is CCn1c2ccccc2n2c(SCCOc3ccccc3)nnc12. The summed E-state index contributed by atoms with van der Waals surface area (Å²) in [6.45, 7) is 3.63. The maximum Gasteiger partial charge on any atom is 0.237 e. The van der Waals surface area contributed by atoms with E-state index in [4.69, 9.17) is 4.74 Å². The van der Waals surface area contributed by atoms with Crippen LogP contribution in [0.5, 0.6) is 5.75 Å². The highest BCUT2D eigenvalue weighted by atomic mass is 32.2. The maximum atomic E-state index is 5.75. The van der Waals surface area contributed by atoms with E-state index in [1.54, 1.807) is 11.8 Å². The quantitative estimate of drug-likeness (QED) is 0.395. The van der Waals surface area contributed by atoms with Crippen molar-refractivity contribution in [1.29, 1.82) is 0 Å². The Morgan fingerprint density at radius 2 is 1.71 bits per heavy atom. The van der Waals surface area contributed by atoms with Crippen molar-refractivity contribution in [2.75, 3.05) is 12.4 Å². The largest absolute Gasteiger partial charge is 0.493 e. The number of fused-ring (bicyclic) bond motifs is 3. The third-order valence-electron chi connectivity index (χ3n) is 3.91. The van der Waals surface area contributed by atoms with Gasteiger partial charge in [-0.3, -0.25) is 4.40 Å². The first-order chi connectivity index (χ1) is 11.9. The highest BCUT2D eigenvalue weighted by Crippen LogP contribution is 2.25. The first-order valence-electron chi connectivity index (χ1n) is 8.01. The third-order valence-corrected chi connectivity index (χ3v) is 4.81. The van der Waals surface area contributed by atoms with E-state index in [2.05, 4.69) is 50.4 Å². The average molecular weight is 338 g/mol. The summed E-state index contributed by atoms with van der Waals surface area (Å²) in [7, 11) is 0. The van der Waals surface area contributed by atoms with Gasteiger partial charge in [0.2, 0.25) is 5.78 Å². The Kier molecular flexibility index (Phi) is 4.13. The zero-order valence-electron chi connectivity index (χ0n) is 13.4. The van der Waals surface area contributed by atoms with Crippen LogP contribution in [0.25, 0.3) is 16.8 Å². The molecule has 4 aromatic rings. The van der Waals surface area contributed by atoms with Crippen molar-refractivity contribution < 1.29 is 4.74 Å². The van der Waals surface area contributed by atoms with Crippen LogP contribution in [0.3, 0.4) is 0 Å². The summed E-state index contributed by atoms with van der Waals surface area (Å²) < 4.78 is 10.1. The predicted molar refractivity (Wildman–Crippen MR) is 96.8 cm³/mol. The van der Waals surface area contributed by atoms with Gasteiger partial charge in [0, 0.05) is 12.3 Å². The molecule has 0 spiro atoms. The Morgan fingerprint density at radius 1 is 0.958 bits per heavy atom. The first-order valence-corrected chi connectivity index (χ1v) is 9.00. The van der Waals surface area contributed by atoms with Crippen LogP contribution in [-0.4, -0.2) is 31.5 Å². The van der Waals surface area contributed by atoms with E-state index >= 15 is 0 Å². The van der Waals surface area contributed by atoms with E-state index in [1.165, 1.54) is 5.52 Å². The van der Waals surface area contributed by atoms with Gasteiger partial charge in [0.25, 0.3) is 0 Å². The van der Waals surface area contributed by atoms with Crippen LogP contribution in [0, 0.1) is 0 Å². The molecule has 24 heavy (non-hydrogen) atoms. The number of benzene rings is 2. The molecule has 0 atom stereocenters. The van der Waals surface area contributed by atoms with Crippen molar-refractivity contribution in [3.63, 3.8) is 0 Å². The van der Waals surface area contributed by atoms with Gasteiger partial charge in [-0.1, -0.05) is 42.1 Å². The van der Waals surface area contributed by atoms with Crippen LogP contribution in [0.2, 0.25) is 0 Å². The fraction of sp³-hybridized carbons (Fsp3) is 0.222. The lowest BCUT2D eigenvalue weighted by molar-refractivity contribution is 0.344. The van der Waals surface area contributed by atoms with E-state index < -0.39 is 0 Å². The van der Waals surface area contributed by atoms with Crippen LogP contribution >= 0.6 is 11.8 Å². The van der Waals surface area contributed by atoms with E-state index in [0.29, 0.717) is 6.61 Å². The molecule has 122 valence electrons. The Hall–Kier alpha value is -2.47. The summed E-state index contributed by atoms with van der Waals surface area (Å²) in [5.41, 5.74) is 2.33. The molecule has 0 unspecified atom stereocenters. The Morgan fingerprint density at radius 3 is 2.50 bits per heavy atom. The number of aromatic nitrogens is 4. The number of rotatable bonds is 6. The highest BCUT2D eigenvalue weighted by Gasteiger charge is 2.15. The molecule has 0 aliphatic carbocycles. The molecular formula is C18H18N4OS. The van der Waals surface area contributed by atoms with E-state index in [1.807, 2.05) is 30.3 Å². The summed E-state index contributed by atoms with van der Waals surface area (Å²) in [5.74, 6) is 2.61. The zero-order chi connectivity index (χ0) is 16.4. The Balaban J connectivity index is 1.54. The van der Waals surface area contributed by atoms with Gasteiger partial charge >= 0.3 is 0 Å². The second-order valence-electron chi connectivity index (χ2n) is 5.36. The van der Waals surface area contributed by atoms with Crippen molar-refractivity contribution in [2.24, 2.45) is 0 Å². The second-order valence-corrected chi connectivity index (χ2v) is 6.42. The molecule has 6 heteroatoms. The van der Waals surface area contributed by atoms with Crippen molar-refractivity contribution >= 4 is 28.6 Å². The second kappa shape index (κ2) is 6.57. The summed E-state index contributed by atoms with van der Waals surface area (Å²) in [6.07, 6.45) is 0. The normalized spacial score (nSPS) is 11.4. The van der Waals surface area contributed by atoms with Crippen LogP contribution in [0.1, 0.15) is 6.92 Å². The lowest BCUT2D eigenvalue weighted by Crippen LogP contribution is -2.00. The number of para-hydroxylation sites is 3. The smallest absolute Gasteiger partial charge is 0.237 e. The minimum absolute atomic E-state index is 0.635. The molecular weight excluding hydrogens is 320 g/mol. The van der Waals surface area contributed by atoms with Gasteiger partial charge in [-0.2, -0.15) is 0 Å². The standard InChI is InChI=1S/C18H18N4OS/c1-2-21-15-10-6-7-11-16(15)22-17(21)19-20-18(22)24-13-12-23-14-8-4-3-5-9-14/h3-11H,2,12-13H2,1H3. The van der Waals surface area contributed by atoms with E-state index in [9.17, 15) is 0 Å². The molecule has 0 fully saturated rings. The van der Waals surface area contributed by atoms with Crippen LogP contribution in [-0.2, 0) is 6.54 Å². The van der Waals surface area contributed by atoms with Crippen molar-refractivity contribution in [3.8, 4) is 5.75 Å². The number of imidazole rings is 1. The molecule has 0 aliphatic heterocycles. The topological polar surface area (TPSA) is 44.4 Å². The predicted octanol–water partition coefficient (Wildman–Crippen LogP) is 3.88. The third kappa shape index (κ3) is 2.63. The van der Waals surface area contributed by atoms with Gasteiger partial charge in [0.05, 0.1) is 17.6 Å². The summed E-state index contributed by atoms with van der Waals surface area (Å²) in [6, 6.07) is 18.2. The van der Waals surface area contributed by atoms with Crippen LogP contribution in [0.15, 0.2) is 59.8 Å².